The molecule has 1 N–H and O–H groups in total. The van der Waals surface area contributed by atoms with Crippen molar-refractivity contribution in [2.75, 3.05) is 6.61 Å². The Bertz CT molecular complexity index is 592. The summed E-state index contributed by atoms with van der Waals surface area (Å²) in [6.07, 6.45) is 3.88. The number of aromatic nitrogens is 2. The molecule has 5 heteroatoms. The number of rotatable bonds is 7. The summed E-state index contributed by atoms with van der Waals surface area (Å²) in [6, 6.07) is 8.23. The molecule has 21 heavy (non-hydrogen) atoms. The van der Waals surface area contributed by atoms with Crippen LogP contribution in [0.25, 0.3) is 0 Å². The van der Waals surface area contributed by atoms with Gasteiger partial charge in [0.2, 0.25) is 0 Å². The van der Waals surface area contributed by atoms with Crippen molar-refractivity contribution in [3.63, 3.8) is 0 Å². The largest absolute Gasteiger partial charge is 0.488 e. The minimum absolute atomic E-state index is 0.252. The summed E-state index contributed by atoms with van der Waals surface area (Å²) >= 11 is 5.67. The fourth-order valence-corrected chi connectivity index (χ4v) is 2.02. The van der Waals surface area contributed by atoms with E-state index in [0.29, 0.717) is 11.6 Å². The highest BCUT2D eigenvalue weighted by Crippen LogP contribution is 2.18. The van der Waals surface area contributed by atoms with Crippen LogP contribution in [0.15, 0.2) is 48.3 Å². The van der Waals surface area contributed by atoms with Crippen LogP contribution in [0.1, 0.15) is 24.1 Å². The molecule has 112 valence electrons. The molecule has 0 unspecified atom stereocenters. The normalized spacial score (nSPS) is 12.1. The van der Waals surface area contributed by atoms with Crippen molar-refractivity contribution in [2.45, 2.75) is 19.5 Å². The summed E-state index contributed by atoms with van der Waals surface area (Å²) in [5.74, 6) is 0.792. The number of nitrogens with zero attached hydrogens (tertiary/aromatic N) is 2. The van der Waals surface area contributed by atoms with E-state index < -0.39 is 0 Å². The lowest BCUT2D eigenvalue weighted by molar-refractivity contribution is 0.359. The topological polar surface area (TPSA) is 39.1 Å². The van der Waals surface area contributed by atoms with E-state index in [9.17, 15) is 0 Å². The van der Waals surface area contributed by atoms with E-state index in [1.165, 1.54) is 11.1 Å². The predicted molar refractivity (Wildman–Crippen MR) is 85.4 cm³/mol. The van der Waals surface area contributed by atoms with Gasteiger partial charge in [0, 0.05) is 36.4 Å². The van der Waals surface area contributed by atoms with Crippen LogP contribution in [0.5, 0.6) is 5.75 Å². The van der Waals surface area contributed by atoms with Crippen LogP contribution in [-0.4, -0.2) is 16.4 Å². The van der Waals surface area contributed by atoms with Gasteiger partial charge in [-0.3, -0.25) is 4.68 Å². The van der Waals surface area contributed by atoms with Crippen LogP contribution < -0.4 is 10.1 Å². The molecule has 0 saturated carbocycles. The molecule has 0 aliphatic carbocycles. The molecule has 0 bridgehead atoms. The molecule has 0 aliphatic heterocycles. The highest BCUT2D eigenvalue weighted by atomic mass is 35.5. The maximum absolute atomic E-state index is 5.67. The van der Waals surface area contributed by atoms with E-state index >= 15 is 0 Å². The van der Waals surface area contributed by atoms with Gasteiger partial charge in [-0.05, 0) is 24.6 Å². The Balaban J connectivity index is 1.87. The van der Waals surface area contributed by atoms with Gasteiger partial charge in [0.1, 0.15) is 12.4 Å². The van der Waals surface area contributed by atoms with Crippen LogP contribution in [0.2, 0.25) is 0 Å². The molecule has 1 heterocycles. The van der Waals surface area contributed by atoms with Crippen LogP contribution in [-0.2, 0) is 13.6 Å². The molecule has 4 nitrogen and oxygen atoms in total. The summed E-state index contributed by atoms with van der Waals surface area (Å²) in [5.41, 5.74) is 2.38. The maximum Gasteiger partial charge on any atom is 0.123 e. The molecule has 0 amide bonds. The fourth-order valence-electron chi connectivity index (χ4n) is 1.97. The van der Waals surface area contributed by atoms with E-state index in [-0.39, 0.29) is 6.04 Å². The zero-order chi connectivity index (χ0) is 15.2. The zero-order valence-electron chi connectivity index (χ0n) is 12.3. The minimum atomic E-state index is 0.252. The standard InChI is InChI=1S/C16H20ClN3O/c1-12(17)11-21-16-6-4-15(5-7-16)13(2)18-8-14-9-19-20(3)10-14/h4-7,9-10,13,18H,1,8,11H2,2-3H3/t13-/m1/s1. The number of nitrogens with one attached hydrogen (secondary N) is 1. The summed E-state index contributed by atoms with van der Waals surface area (Å²) < 4.78 is 7.28. The number of hydrogen-bond acceptors (Lipinski definition) is 3. The fraction of sp³-hybridized carbons (Fsp3) is 0.312. The van der Waals surface area contributed by atoms with Crippen molar-refractivity contribution < 1.29 is 4.74 Å². The van der Waals surface area contributed by atoms with Gasteiger partial charge >= 0.3 is 0 Å². The van der Waals surface area contributed by atoms with Gasteiger partial charge in [0.05, 0.1) is 6.20 Å². The number of hydrogen-bond donors (Lipinski definition) is 1. The van der Waals surface area contributed by atoms with Gasteiger partial charge < -0.3 is 10.1 Å². The Kier molecular flexibility index (Phi) is 5.42. The molecule has 0 saturated heterocycles. The molecule has 0 radical (unpaired) electrons. The Labute approximate surface area is 130 Å². The number of benzene rings is 1. The average Bonchev–Trinajstić information content (AvgIpc) is 2.89. The quantitative estimate of drug-likeness (QED) is 0.852. The molecule has 0 aliphatic rings. The van der Waals surface area contributed by atoms with Crippen molar-refractivity contribution in [3.8, 4) is 5.75 Å². The van der Waals surface area contributed by atoms with Crippen LogP contribution in [0, 0.1) is 0 Å². The van der Waals surface area contributed by atoms with Crippen LogP contribution in [0.4, 0.5) is 0 Å². The first-order chi connectivity index (χ1) is 10.0. The summed E-state index contributed by atoms with van der Waals surface area (Å²) in [5, 5.41) is 8.12. The van der Waals surface area contributed by atoms with Crippen LogP contribution in [0.3, 0.4) is 0 Å². The molecule has 0 fully saturated rings. The third-order valence-corrected chi connectivity index (χ3v) is 3.26. The van der Waals surface area contributed by atoms with E-state index in [4.69, 9.17) is 16.3 Å². The highest BCUT2D eigenvalue weighted by Gasteiger charge is 2.06. The van der Waals surface area contributed by atoms with Gasteiger partial charge in [0.25, 0.3) is 0 Å². The summed E-state index contributed by atoms with van der Waals surface area (Å²) in [7, 11) is 1.92. The lowest BCUT2D eigenvalue weighted by Crippen LogP contribution is -2.17. The van der Waals surface area contributed by atoms with Crippen molar-refractivity contribution in [3.05, 3.63) is 59.4 Å². The molecular formula is C16H20ClN3O. The molecule has 0 spiro atoms. The van der Waals surface area contributed by atoms with Crippen molar-refractivity contribution in [1.82, 2.24) is 15.1 Å². The molecule has 2 aromatic rings. The van der Waals surface area contributed by atoms with Crippen molar-refractivity contribution in [2.24, 2.45) is 7.05 Å². The first kappa shape index (κ1) is 15.6. The zero-order valence-corrected chi connectivity index (χ0v) is 13.1. The lowest BCUT2D eigenvalue weighted by atomic mass is 10.1. The SMILES string of the molecule is C=C(Cl)COc1ccc([C@@H](C)NCc2cnn(C)c2)cc1. The average molecular weight is 306 g/mol. The van der Waals surface area contributed by atoms with Gasteiger partial charge in [0.15, 0.2) is 0 Å². The van der Waals surface area contributed by atoms with Crippen molar-refractivity contribution in [1.29, 1.82) is 0 Å². The molecule has 2 rings (SSSR count). The Morgan fingerprint density at radius 1 is 1.43 bits per heavy atom. The third-order valence-electron chi connectivity index (χ3n) is 3.15. The van der Waals surface area contributed by atoms with E-state index in [1.54, 1.807) is 4.68 Å². The van der Waals surface area contributed by atoms with Gasteiger partial charge in [-0.15, -0.1) is 0 Å². The monoisotopic (exact) mass is 305 g/mol. The Morgan fingerprint density at radius 2 is 2.14 bits per heavy atom. The number of halogens is 1. The first-order valence-corrected chi connectivity index (χ1v) is 7.19. The van der Waals surface area contributed by atoms with Gasteiger partial charge in [-0.2, -0.15) is 5.10 Å². The second-order valence-corrected chi connectivity index (χ2v) is 5.53. The minimum Gasteiger partial charge on any atom is -0.488 e. The second-order valence-electron chi connectivity index (χ2n) is 5.00. The molecule has 1 aromatic heterocycles. The smallest absolute Gasteiger partial charge is 0.123 e. The molecule has 1 atom stereocenters. The maximum atomic E-state index is 5.67. The first-order valence-electron chi connectivity index (χ1n) is 6.81. The Hall–Kier alpha value is -1.78. The molecule has 1 aromatic carbocycles. The highest BCUT2D eigenvalue weighted by molar-refractivity contribution is 6.29. The molecular weight excluding hydrogens is 286 g/mol. The predicted octanol–water partition coefficient (Wildman–Crippen LogP) is 3.40. The van der Waals surface area contributed by atoms with Crippen molar-refractivity contribution >= 4 is 11.6 Å². The number of ether oxygens (including phenoxy) is 1. The van der Waals surface area contributed by atoms with E-state index in [1.807, 2.05) is 43.7 Å². The lowest BCUT2D eigenvalue weighted by Gasteiger charge is -2.14. The van der Waals surface area contributed by atoms with E-state index in [0.717, 1.165) is 12.3 Å². The summed E-state index contributed by atoms with van der Waals surface area (Å²) in [4.78, 5) is 0. The van der Waals surface area contributed by atoms with Gasteiger partial charge in [-0.1, -0.05) is 30.3 Å². The number of aryl methyl sites for hydroxylation is 1. The van der Waals surface area contributed by atoms with Gasteiger partial charge in [-0.25, -0.2) is 0 Å². The summed E-state index contributed by atoms with van der Waals surface area (Å²) in [6.45, 7) is 6.85. The Morgan fingerprint density at radius 3 is 2.71 bits per heavy atom. The van der Waals surface area contributed by atoms with Crippen LogP contribution >= 0.6 is 11.6 Å². The van der Waals surface area contributed by atoms with E-state index in [2.05, 4.69) is 23.9 Å². The third kappa shape index (κ3) is 4.92. The second kappa shape index (κ2) is 7.29.